The zero-order chi connectivity index (χ0) is 21.5. The summed E-state index contributed by atoms with van der Waals surface area (Å²) in [7, 11) is 1.73. The topological polar surface area (TPSA) is 69.2 Å². The number of rotatable bonds is 7. The predicted molar refractivity (Wildman–Crippen MR) is 126 cm³/mol. The van der Waals surface area contributed by atoms with Gasteiger partial charge in [0.2, 0.25) is 0 Å². The van der Waals surface area contributed by atoms with Gasteiger partial charge in [0.1, 0.15) is 10.6 Å². The van der Waals surface area contributed by atoms with Gasteiger partial charge in [0, 0.05) is 37.6 Å². The van der Waals surface area contributed by atoms with Crippen molar-refractivity contribution in [3.05, 3.63) is 16.8 Å². The van der Waals surface area contributed by atoms with E-state index in [9.17, 15) is 0 Å². The van der Waals surface area contributed by atoms with E-state index < -0.39 is 0 Å². The summed E-state index contributed by atoms with van der Waals surface area (Å²) in [6, 6.07) is 0. The molecule has 8 heteroatoms. The lowest BCUT2D eigenvalue weighted by Gasteiger charge is -2.33. The monoisotopic (exact) mass is 446 g/mol. The number of hydrogen-bond donors (Lipinski definition) is 1. The normalized spacial score (nSPS) is 15.8. The van der Waals surface area contributed by atoms with E-state index in [0.29, 0.717) is 12.5 Å². The molecule has 0 saturated heterocycles. The van der Waals surface area contributed by atoms with Crippen molar-refractivity contribution in [3.63, 3.8) is 0 Å². The molecule has 0 saturated carbocycles. The number of fused-ring (bicyclic) bond motifs is 5. The average molecular weight is 447 g/mol. The second-order valence-electron chi connectivity index (χ2n) is 8.63. The lowest BCUT2D eigenvalue weighted by atomic mass is 9.87. The highest BCUT2D eigenvalue weighted by Crippen LogP contribution is 2.43. The van der Waals surface area contributed by atoms with Crippen molar-refractivity contribution in [2.24, 2.45) is 0 Å². The van der Waals surface area contributed by atoms with Crippen molar-refractivity contribution >= 4 is 49.3 Å². The third kappa shape index (κ3) is 4.02. The molecule has 0 spiro atoms. The zero-order valence-corrected chi connectivity index (χ0v) is 20.2. The highest BCUT2D eigenvalue weighted by atomic mass is 32.2. The minimum atomic E-state index is -0.194. The van der Waals surface area contributed by atoms with Gasteiger partial charge in [-0.05, 0) is 38.0 Å². The molecule has 1 aliphatic heterocycles. The van der Waals surface area contributed by atoms with E-state index >= 15 is 0 Å². The van der Waals surface area contributed by atoms with E-state index in [1.807, 2.05) is 6.26 Å². The third-order valence-electron chi connectivity index (χ3n) is 5.45. The van der Waals surface area contributed by atoms with E-state index in [0.717, 1.165) is 57.7 Å². The summed E-state index contributed by atoms with van der Waals surface area (Å²) in [4.78, 5) is 15.9. The lowest BCUT2D eigenvalue weighted by molar-refractivity contribution is -0.0402. The summed E-state index contributed by atoms with van der Waals surface area (Å²) in [6.07, 6.45) is 3.81. The number of pyridine rings is 1. The molecule has 30 heavy (non-hydrogen) atoms. The molecule has 0 fully saturated rings. The Morgan fingerprint density at radius 2 is 2.03 bits per heavy atom. The van der Waals surface area contributed by atoms with E-state index in [2.05, 4.69) is 33.0 Å². The van der Waals surface area contributed by atoms with E-state index in [-0.39, 0.29) is 5.60 Å². The van der Waals surface area contributed by atoms with Crippen LogP contribution in [0.4, 0.5) is 5.82 Å². The Balaban J connectivity index is 1.95. The highest BCUT2D eigenvalue weighted by molar-refractivity contribution is 7.98. The number of aromatic nitrogens is 3. The van der Waals surface area contributed by atoms with Gasteiger partial charge < -0.3 is 14.8 Å². The van der Waals surface area contributed by atoms with E-state index in [1.54, 1.807) is 30.2 Å². The summed E-state index contributed by atoms with van der Waals surface area (Å²) >= 11 is 3.27. The molecule has 1 aliphatic rings. The van der Waals surface area contributed by atoms with Gasteiger partial charge in [0.15, 0.2) is 5.16 Å². The van der Waals surface area contributed by atoms with Gasteiger partial charge in [-0.2, -0.15) is 0 Å². The molecule has 0 radical (unpaired) electrons. The molecule has 1 N–H and O–H groups in total. The van der Waals surface area contributed by atoms with Crippen LogP contribution in [0, 0.1) is 0 Å². The Kier molecular flexibility index (Phi) is 6.21. The molecular weight excluding hydrogens is 416 g/mol. The van der Waals surface area contributed by atoms with E-state index in [1.165, 1.54) is 16.5 Å². The maximum Gasteiger partial charge on any atom is 0.189 e. The van der Waals surface area contributed by atoms with Crippen molar-refractivity contribution in [2.75, 3.05) is 31.8 Å². The first-order valence-electron chi connectivity index (χ1n) is 10.4. The highest BCUT2D eigenvalue weighted by Gasteiger charge is 2.32. The summed E-state index contributed by atoms with van der Waals surface area (Å²) < 4.78 is 12.4. The van der Waals surface area contributed by atoms with Gasteiger partial charge in [-0.1, -0.05) is 25.6 Å². The number of methoxy groups -OCH3 is 1. The smallest absolute Gasteiger partial charge is 0.189 e. The maximum atomic E-state index is 6.17. The summed E-state index contributed by atoms with van der Waals surface area (Å²) in [6.45, 7) is 10.9. The molecule has 0 aliphatic carbocycles. The molecule has 0 atom stereocenters. The number of hydrogen-bond acceptors (Lipinski definition) is 8. The Hall–Kier alpha value is -1.48. The summed E-state index contributed by atoms with van der Waals surface area (Å²) in [5.41, 5.74) is 4.56. The molecule has 3 aromatic rings. The van der Waals surface area contributed by atoms with Crippen molar-refractivity contribution in [3.8, 4) is 0 Å². The standard InChI is InChI=1S/C22H30N4O2S2/c1-12(2)16-14-11-28-22(3,4)10-13(14)15-17-18(30-20(15)24-16)19(23-8-7-9-27-5)26-21(25-17)29-6/h12H,7-11H2,1-6H3,(H,23,25,26). The van der Waals surface area contributed by atoms with Crippen LogP contribution in [0.25, 0.3) is 20.4 Å². The number of thioether (sulfide) groups is 1. The summed E-state index contributed by atoms with van der Waals surface area (Å²) in [5, 5.41) is 5.47. The van der Waals surface area contributed by atoms with Crippen LogP contribution < -0.4 is 5.32 Å². The van der Waals surface area contributed by atoms with E-state index in [4.69, 9.17) is 24.4 Å². The molecule has 0 amide bonds. The largest absolute Gasteiger partial charge is 0.385 e. The van der Waals surface area contributed by atoms with Gasteiger partial charge in [-0.25, -0.2) is 15.0 Å². The molecule has 162 valence electrons. The molecular formula is C22H30N4O2S2. The second-order valence-corrected chi connectivity index (χ2v) is 10.4. The van der Waals surface area contributed by atoms with Crippen LogP contribution in [0.3, 0.4) is 0 Å². The third-order valence-corrected chi connectivity index (χ3v) is 7.08. The maximum absolute atomic E-state index is 6.17. The van der Waals surface area contributed by atoms with Crippen molar-refractivity contribution in [1.29, 1.82) is 0 Å². The van der Waals surface area contributed by atoms with Crippen LogP contribution in [0.15, 0.2) is 5.16 Å². The Morgan fingerprint density at radius 3 is 2.73 bits per heavy atom. The van der Waals surface area contributed by atoms with Crippen molar-refractivity contribution < 1.29 is 9.47 Å². The van der Waals surface area contributed by atoms with Crippen LogP contribution in [0.2, 0.25) is 0 Å². The minimum absolute atomic E-state index is 0.194. The van der Waals surface area contributed by atoms with Crippen LogP contribution in [-0.2, 0) is 22.5 Å². The fourth-order valence-electron chi connectivity index (χ4n) is 3.99. The minimum Gasteiger partial charge on any atom is -0.385 e. The Labute approximate surface area is 186 Å². The average Bonchev–Trinajstić information content (AvgIpc) is 3.08. The van der Waals surface area contributed by atoms with Crippen molar-refractivity contribution in [1.82, 2.24) is 15.0 Å². The molecule has 4 rings (SSSR count). The lowest BCUT2D eigenvalue weighted by Crippen LogP contribution is -2.32. The van der Waals surface area contributed by atoms with Crippen LogP contribution in [0.1, 0.15) is 56.9 Å². The van der Waals surface area contributed by atoms with Gasteiger partial charge in [-0.15, -0.1) is 11.3 Å². The number of anilines is 1. The van der Waals surface area contributed by atoms with Gasteiger partial charge in [-0.3, -0.25) is 0 Å². The Morgan fingerprint density at radius 1 is 1.23 bits per heavy atom. The first kappa shape index (κ1) is 21.7. The van der Waals surface area contributed by atoms with Crippen LogP contribution in [0.5, 0.6) is 0 Å². The summed E-state index contributed by atoms with van der Waals surface area (Å²) in [5.74, 6) is 1.24. The fourth-order valence-corrected chi connectivity index (χ4v) is 5.47. The molecule has 0 unspecified atom stereocenters. The predicted octanol–water partition coefficient (Wildman–Crippen LogP) is 5.38. The van der Waals surface area contributed by atoms with Crippen molar-refractivity contribution in [2.45, 2.75) is 63.8 Å². The first-order valence-corrected chi connectivity index (χ1v) is 12.5. The second kappa shape index (κ2) is 8.57. The zero-order valence-electron chi connectivity index (χ0n) is 18.6. The number of nitrogens with one attached hydrogen (secondary N) is 1. The fraction of sp³-hybridized carbons (Fsp3) is 0.591. The van der Waals surface area contributed by atoms with Gasteiger partial charge in [0.05, 0.1) is 28.1 Å². The first-order chi connectivity index (χ1) is 14.3. The van der Waals surface area contributed by atoms with Gasteiger partial charge >= 0.3 is 0 Å². The quantitative estimate of drug-likeness (QED) is 0.297. The molecule has 6 nitrogen and oxygen atoms in total. The molecule has 0 aromatic carbocycles. The Bertz CT molecular complexity index is 1080. The number of thiophene rings is 1. The SMILES string of the molecule is COCCCNc1nc(SC)nc2c1sc1nc(C(C)C)c3c(c12)CC(C)(C)OC3. The molecule has 3 aromatic heterocycles. The molecule has 0 bridgehead atoms. The van der Waals surface area contributed by atoms with Gasteiger partial charge in [0.25, 0.3) is 0 Å². The molecule has 4 heterocycles. The van der Waals surface area contributed by atoms with Crippen LogP contribution >= 0.6 is 23.1 Å². The number of ether oxygens (including phenoxy) is 2. The number of nitrogens with zero attached hydrogens (tertiary/aromatic N) is 3. The van der Waals surface area contributed by atoms with Crippen LogP contribution in [-0.4, -0.2) is 47.1 Å².